The summed E-state index contributed by atoms with van der Waals surface area (Å²) in [5, 5.41) is 1.40. The van der Waals surface area contributed by atoms with Gasteiger partial charge in [0.05, 0.1) is 0 Å². The van der Waals surface area contributed by atoms with Gasteiger partial charge < -0.3 is 14.8 Å². The Labute approximate surface area is 121 Å². The molecule has 1 aromatic carbocycles. The molecule has 0 saturated carbocycles. The van der Waals surface area contributed by atoms with Crippen LogP contribution < -0.4 is 0 Å². The summed E-state index contributed by atoms with van der Waals surface area (Å²) in [5.74, 6) is 0. The summed E-state index contributed by atoms with van der Waals surface area (Å²) in [6, 6.07) is 6.70. The summed E-state index contributed by atoms with van der Waals surface area (Å²) in [6.07, 6.45) is 4.62. The van der Waals surface area contributed by atoms with E-state index in [-0.39, 0.29) is 0 Å². The van der Waals surface area contributed by atoms with Crippen LogP contribution in [0.25, 0.3) is 10.9 Å². The summed E-state index contributed by atoms with van der Waals surface area (Å²) >= 11 is 0. The van der Waals surface area contributed by atoms with Gasteiger partial charge in [-0.05, 0) is 50.6 Å². The van der Waals surface area contributed by atoms with E-state index in [2.05, 4.69) is 53.2 Å². The van der Waals surface area contributed by atoms with E-state index in [9.17, 15) is 0 Å². The maximum Gasteiger partial charge on any atom is 0.0459 e. The lowest BCUT2D eigenvalue weighted by atomic mass is 10.1. The highest BCUT2D eigenvalue weighted by Crippen LogP contribution is 2.20. The molecule has 1 N–H and O–H groups in total. The summed E-state index contributed by atoms with van der Waals surface area (Å²) in [7, 11) is 2.21. The first-order chi connectivity index (χ1) is 9.72. The van der Waals surface area contributed by atoms with Gasteiger partial charge in [-0.2, -0.15) is 0 Å². The van der Waals surface area contributed by atoms with Gasteiger partial charge in [0.2, 0.25) is 0 Å². The number of rotatable bonds is 4. The second-order valence-corrected chi connectivity index (χ2v) is 6.11. The van der Waals surface area contributed by atoms with E-state index in [1.54, 1.807) is 0 Å². The third-order valence-electron chi connectivity index (χ3n) is 4.44. The van der Waals surface area contributed by atoms with Crippen LogP contribution in [-0.2, 0) is 6.42 Å². The predicted molar refractivity (Wildman–Crippen MR) is 85.3 cm³/mol. The van der Waals surface area contributed by atoms with Crippen LogP contribution in [0, 0.1) is 6.92 Å². The Bertz CT molecular complexity index is 565. The van der Waals surface area contributed by atoms with Gasteiger partial charge in [0.15, 0.2) is 0 Å². The minimum absolute atomic E-state index is 1.18. The smallest absolute Gasteiger partial charge is 0.0459 e. The van der Waals surface area contributed by atoms with E-state index in [1.807, 2.05) is 0 Å². The Balaban J connectivity index is 1.55. The number of aromatic amines is 1. The van der Waals surface area contributed by atoms with Crippen molar-refractivity contribution in [1.82, 2.24) is 14.8 Å². The van der Waals surface area contributed by atoms with Gasteiger partial charge >= 0.3 is 0 Å². The number of benzene rings is 1. The van der Waals surface area contributed by atoms with Crippen molar-refractivity contribution in [3.8, 4) is 0 Å². The molecule has 2 heterocycles. The number of aryl methyl sites for hydroxylation is 2. The zero-order chi connectivity index (χ0) is 13.9. The van der Waals surface area contributed by atoms with Gasteiger partial charge in [-0.1, -0.05) is 12.1 Å². The molecule has 0 atom stereocenters. The quantitative estimate of drug-likeness (QED) is 0.923. The normalized spacial score (nSPS) is 17.9. The first-order valence-electron chi connectivity index (χ1n) is 7.70. The number of nitrogens with one attached hydrogen (secondary N) is 1. The van der Waals surface area contributed by atoms with E-state index < -0.39 is 0 Å². The van der Waals surface area contributed by atoms with Crippen LogP contribution in [-0.4, -0.2) is 54.6 Å². The van der Waals surface area contributed by atoms with E-state index >= 15 is 0 Å². The molecule has 3 rings (SSSR count). The molecule has 0 radical (unpaired) electrons. The minimum atomic E-state index is 1.18. The summed E-state index contributed by atoms with van der Waals surface area (Å²) in [6.45, 7) is 8.26. The molecule has 1 fully saturated rings. The number of likely N-dealkylation sites (N-methyl/N-ethyl adjacent to an activating group) is 1. The summed E-state index contributed by atoms with van der Waals surface area (Å²) in [5.41, 5.74) is 4.07. The van der Waals surface area contributed by atoms with Crippen molar-refractivity contribution in [2.75, 3.05) is 39.8 Å². The van der Waals surface area contributed by atoms with E-state index in [0.29, 0.717) is 0 Å². The van der Waals surface area contributed by atoms with Crippen LogP contribution >= 0.6 is 0 Å². The topological polar surface area (TPSA) is 22.3 Å². The Morgan fingerprint density at radius 2 is 1.95 bits per heavy atom. The van der Waals surface area contributed by atoms with Crippen molar-refractivity contribution in [3.05, 3.63) is 35.5 Å². The molecule has 1 aliphatic rings. The number of nitrogens with zero attached hydrogens (tertiary/aromatic N) is 2. The van der Waals surface area contributed by atoms with Crippen LogP contribution in [0.3, 0.4) is 0 Å². The Morgan fingerprint density at radius 3 is 2.75 bits per heavy atom. The Hall–Kier alpha value is -1.32. The van der Waals surface area contributed by atoms with E-state index in [1.165, 1.54) is 67.6 Å². The van der Waals surface area contributed by atoms with Crippen LogP contribution in [0.2, 0.25) is 0 Å². The van der Waals surface area contributed by atoms with Gasteiger partial charge in [0.25, 0.3) is 0 Å². The second-order valence-electron chi connectivity index (χ2n) is 6.11. The molecule has 2 aromatic rings. The molecular formula is C17H25N3. The summed E-state index contributed by atoms with van der Waals surface area (Å²) in [4.78, 5) is 8.41. The molecule has 0 amide bonds. The largest absolute Gasteiger partial charge is 0.361 e. The minimum Gasteiger partial charge on any atom is -0.361 e. The lowest BCUT2D eigenvalue weighted by molar-refractivity contribution is 0.153. The van der Waals surface area contributed by atoms with E-state index in [4.69, 9.17) is 0 Å². The van der Waals surface area contributed by atoms with E-state index in [0.717, 1.165) is 0 Å². The van der Waals surface area contributed by atoms with Crippen molar-refractivity contribution in [1.29, 1.82) is 0 Å². The zero-order valence-electron chi connectivity index (χ0n) is 12.7. The molecule has 1 aromatic heterocycles. The van der Waals surface area contributed by atoms with Crippen LogP contribution in [0.1, 0.15) is 17.5 Å². The standard InChI is InChI=1S/C17H25N3/c1-14-5-6-16-15(13-18-17(16)12-14)4-3-7-20-10-8-19(2)9-11-20/h5-6,12-13,18H,3-4,7-11H2,1-2H3. The number of hydrogen-bond donors (Lipinski definition) is 1. The van der Waals surface area contributed by atoms with Crippen molar-refractivity contribution in [3.63, 3.8) is 0 Å². The molecule has 0 spiro atoms. The average molecular weight is 271 g/mol. The van der Waals surface area contributed by atoms with Gasteiger partial charge in [0, 0.05) is 43.3 Å². The maximum atomic E-state index is 3.40. The summed E-state index contributed by atoms with van der Waals surface area (Å²) < 4.78 is 0. The molecule has 3 nitrogen and oxygen atoms in total. The molecular weight excluding hydrogens is 246 g/mol. The first-order valence-corrected chi connectivity index (χ1v) is 7.70. The monoisotopic (exact) mass is 271 g/mol. The van der Waals surface area contributed by atoms with Crippen molar-refractivity contribution >= 4 is 10.9 Å². The average Bonchev–Trinajstić information content (AvgIpc) is 2.83. The second kappa shape index (κ2) is 5.98. The van der Waals surface area contributed by atoms with Gasteiger partial charge in [0.1, 0.15) is 0 Å². The molecule has 20 heavy (non-hydrogen) atoms. The van der Waals surface area contributed by atoms with Crippen molar-refractivity contribution in [2.24, 2.45) is 0 Å². The molecule has 108 valence electrons. The van der Waals surface area contributed by atoms with Gasteiger partial charge in [-0.15, -0.1) is 0 Å². The maximum absolute atomic E-state index is 3.40. The number of H-pyrrole nitrogens is 1. The zero-order valence-corrected chi connectivity index (χ0v) is 12.7. The molecule has 0 aliphatic carbocycles. The molecule has 0 unspecified atom stereocenters. The number of aromatic nitrogens is 1. The third-order valence-corrected chi connectivity index (χ3v) is 4.44. The number of fused-ring (bicyclic) bond motifs is 1. The fourth-order valence-corrected chi connectivity index (χ4v) is 3.07. The molecule has 3 heteroatoms. The van der Waals surface area contributed by atoms with Crippen LogP contribution in [0.15, 0.2) is 24.4 Å². The van der Waals surface area contributed by atoms with Crippen LogP contribution in [0.5, 0.6) is 0 Å². The highest BCUT2D eigenvalue weighted by molar-refractivity contribution is 5.83. The lowest BCUT2D eigenvalue weighted by Crippen LogP contribution is -2.44. The SMILES string of the molecule is Cc1ccc2c(CCCN3CCN(C)CC3)c[nH]c2c1. The highest BCUT2D eigenvalue weighted by atomic mass is 15.2. The van der Waals surface area contributed by atoms with Crippen molar-refractivity contribution in [2.45, 2.75) is 19.8 Å². The van der Waals surface area contributed by atoms with Gasteiger partial charge in [-0.25, -0.2) is 0 Å². The van der Waals surface area contributed by atoms with Crippen LogP contribution in [0.4, 0.5) is 0 Å². The fraction of sp³-hybridized carbons (Fsp3) is 0.529. The molecule has 1 saturated heterocycles. The number of piperazine rings is 1. The third kappa shape index (κ3) is 3.05. The van der Waals surface area contributed by atoms with Crippen molar-refractivity contribution < 1.29 is 0 Å². The molecule has 1 aliphatic heterocycles. The fourth-order valence-electron chi connectivity index (χ4n) is 3.07. The number of hydrogen-bond acceptors (Lipinski definition) is 2. The lowest BCUT2D eigenvalue weighted by Gasteiger charge is -2.32. The Morgan fingerprint density at radius 1 is 1.15 bits per heavy atom. The first kappa shape index (κ1) is 13.7. The highest BCUT2D eigenvalue weighted by Gasteiger charge is 2.13. The van der Waals surface area contributed by atoms with Gasteiger partial charge in [-0.3, -0.25) is 0 Å². The predicted octanol–water partition coefficient (Wildman–Crippen LogP) is 2.66. The Kier molecular flexibility index (Phi) is 4.08. The molecule has 0 bridgehead atoms.